The number of nitrogens with zero attached hydrogens (tertiary/aromatic N) is 6. The summed E-state index contributed by atoms with van der Waals surface area (Å²) in [7, 11) is 0. The molecular weight excluding hydrogens is 458 g/mol. The van der Waals surface area contributed by atoms with Crippen molar-refractivity contribution in [2.75, 3.05) is 6.61 Å². The molecule has 0 spiro atoms. The van der Waals surface area contributed by atoms with Gasteiger partial charge in [-0.15, -0.1) is 10.2 Å². The smallest absolute Gasteiger partial charge is 0.205 e. The van der Waals surface area contributed by atoms with Gasteiger partial charge in [0.2, 0.25) is 5.82 Å². The number of H-pyrrole nitrogens is 1. The van der Waals surface area contributed by atoms with Gasteiger partial charge in [-0.3, -0.25) is 0 Å². The van der Waals surface area contributed by atoms with Gasteiger partial charge in [0.05, 0.1) is 12.6 Å². The number of imidazole rings is 1. The van der Waals surface area contributed by atoms with Crippen molar-refractivity contribution in [2.45, 2.75) is 49.4 Å². The van der Waals surface area contributed by atoms with E-state index in [0.29, 0.717) is 12.4 Å². The van der Waals surface area contributed by atoms with Crippen molar-refractivity contribution in [1.82, 2.24) is 35.2 Å². The number of rotatable bonds is 5. The van der Waals surface area contributed by atoms with E-state index in [1.165, 1.54) is 11.1 Å². The maximum absolute atomic E-state index is 6.16. The number of aromatic amines is 1. The minimum Gasteiger partial charge on any atom is -0.493 e. The molecule has 0 bridgehead atoms. The molecule has 8 nitrogen and oxygen atoms in total. The Bertz CT molecular complexity index is 1530. The van der Waals surface area contributed by atoms with Crippen LogP contribution < -0.4 is 4.74 Å². The molecule has 2 aromatic carbocycles. The van der Waals surface area contributed by atoms with Gasteiger partial charge in [0.15, 0.2) is 5.65 Å². The first-order valence-electron chi connectivity index (χ1n) is 11.7. The van der Waals surface area contributed by atoms with Crippen molar-refractivity contribution in [3.63, 3.8) is 0 Å². The zero-order valence-corrected chi connectivity index (χ0v) is 20.6. The highest BCUT2D eigenvalue weighted by molar-refractivity contribution is 7.99. The summed E-state index contributed by atoms with van der Waals surface area (Å²) < 4.78 is 8.49. The van der Waals surface area contributed by atoms with Crippen molar-refractivity contribution >= 4 is 22.9 Å². The molecule has 1 atom stereocenters. The summed E-state index contributed by atoms with van der Waals surface area (Å²) in [5.74, 6) is 2.56. The Labute approximate surface area is 207 Å². The van der Waals surface area contributed by atoms with Crippen LogP contribution in [0.15, 0.2) is 58.3 Å². The fourth-order valence-corrected chi connectivity index (χ4v) is 5.80. The average Bonchev–Trinajstić information content (AvgIpc) is 3.52. The topological polar surface area (TPSA) is 94.4 Å². The van der Waals surface area contributed by atoms with Gasteiger partial charge in [-0.25, -0.2) is 9.97 Å². The summed E-state index contributed by atoms with van der Waals surface area (Å²) >= 11 is 1.66. The van der Waals surface area contributed by atoms with E-state index in [9.17, 15) is 0 Å². The van der Waals surface area contributed by atoms with E-state index in [0.717, 1.165) is 56.6 Å². The predicted molar refractivity (Wildman–Crippen MR) is 135 cm³/mol. The standard InChI is InChI=1S/C26H25N7OS/c1-4-23-28-24-15(2)13-16(3)27-26(24)33(23)20-11-12-34-21-14-17(9-10-18(20)21)35-22-8-6-5-7-19(22)25-29-31-32-30-25/h5-10,13-14,20H,4,11-12H2,1-3H3,(H,29,30,31,32). The van der Waals surface area contributed by atoms with Gasteiger partial charge in [-0.1, -0.05) is 36.9 Å². The van der Waals surface area contributed by atoms with Crippen molar-refractivity contribution in [3.8, 4) is 17.1 Å². The lowest BCUT2D eigenvalue weighted by Gasteiger charge is -2.29. The zero-order valence-electron chi connectivity index (χ0n) is 19.8. The van der Waals surface area contributed by atoms with Crippen molar-refractivity contribution in [2.24, 2.45) is 0 Å². The molecular formula is C26H25N7OS. The first kappa shape index (κ1) is 21.8. The second kappa shape index (κ2) is 8.81. The molecule has 1 aliphatic rings. The predicted octanol–water partition coefficient (Wildman–Crippen LogP) is 5.31. The van der Waals surface area contributed by atoms with Gasteiger partial charge in [0.25, 0.3) is 0 Å². The van der Waals surface area contributed by atoms with Crippen LogP contribution in [0.3, 0.4) is 0 Å². The molecule has 5 aromatic rings. The van der Waals surface area contributed by atoms with Gasteiger partial charge in [-0.05, 0) is 55.0 Å². The van der Waals surface area contributed by atoms with E-state index in [2.05, 4.69) is 69.4 Å². The molecule has 6 rings (SSSR count). The first-order valence-corrected chi connectivity index (χ1v) is 12.6. The van der Waals surface area contributed by atoms with Gasteiger partial charge in [0, 0.05) is 39.5 Å². The Kier molecular flexibility index (Phi) is 5.49. The minimum atomic E-state index is 0.137. The van der Waals surface area contributed by atoms with E-state index in [1.807, 2.05) is 25.1 Å². The molecule has 0 radical (unpaired) electrons. The highest BCUT2D eigenvalue weighted by Crippen LogP contribution is 2.42. The summed E-state index contributed by atoms with van der Waals surface area (Å²) in [6.45, 7) is 6.96. The lowest BCUT2D eigenvalue weighted by atomic mass is 10.00. The molecule has 4 heterocycles. The molecule has 0 fully saturated rings. The Balaban J connectivity index is 1.39. The van der Waals surface area contributed by atoms with Gasteiger partial charge >= 0.3 is 0 Å². The van der Waals surface area contributed by atoms with Gasteiger partial charge in [0.1, 0.15) is 17.1 Å². The minimum absolute atomic E-state index is 0.137. The second-order valence-corrected chi connectivity index (χ2v) is 9.81. The first-order chi connectivity index (χ1) is 17.1. The van der Waals surface area contributed by atoms with Crippen LogP contribution >= 0.6 is 11.8 Å². The number of hydrogen-bond donors (Lipinski definition) is 1. The highest BCUT2D eigenvalue weighted by atomic mass is 32.2. The fourth-order valence-electron chi connectivity index (χ4n) is 4.82. The molecule has 176 valence electrons. The summed E-state index contributed by atoms with van der Waals surface area (Å²) in [6.07, 6.45) is 1.73. The number of hydrogen-bond acceptors (Lipinski definition) is 7. The third-order valence-electron chi connectivity index (χ3n) is 6.36. The number of nitrogens with one attached hydrogen (secondary N) is 1. The van der Waals surface area contributed by atoms with Crippen LogP contribution in [0.1, 0.15) is 42.0 Å². The Hall–Kier alpha value is -3.72. The van der Waals surface area contributed by atoms with Crippen LogP contribution in [-0.4, -0.2) is 41.8 Å². The Morgan fingerprint density at radius 2 is 2.00 bits per heavy atom. The van der Waals surface area contributed by atoms with Crippen LogP contribution in [0.2, 0.25) is 0 Å². The molecule has 9 heteroatoms. The SMILES string of the molecule is CCc1nc2c(C)cc(C)nc2n1C1CCOc2cc(Sc3ccccc3-c3nn[nH]n3)ccc21. The second-order valence-electron chi connectivity index (χ2n) is 8.69. The maximum Gasteiger partial charge on any atom is 0.205 e. The summed E-state index contributed by atoms with van der Waals surface area (Å²) in [6, 6.07) is 16.8. The normalized spacial score (nSPS) is 15.2. The van der Waals surface area contributed by atoms with Crippen LogP contribution in [0.5, 0.6) is 5.75 Å². The number of aryl methyl sites for hydroxylation is 3. The number of fused-ring (bicyclic) bond motifs is 2. The molecule has 35 heavy (non-hydrogen) atoms. The monoisotopic (exact) mass is 483 g/mol. The van der Waals surface area contributed by atoms with Crippen LogP contribution in [0.25, 0.3) is 22.6 Å². The highest BCUT2D eigenvalue weighted by Gasteiger charge is 2.28. The molecule has 1 unspecified atom stereocenters. The molecule has 0 saturated carbocycles. The Morgan fingerprint density at radius 1 is 1.11 bits per heavy atom. The van der Waals surface area contributed by atoms with Crippen LogP contribution in [0.4, 0.5) is 0 Å². The van der Waals surface area contributed by atoms with Crippen LogP contribution in [0, 0.1) is 13.8 Å². The van der Waals surface area contributed by atoms with E-state index in [-0.39, 0.29) is 6.04 Å². The lowest BCUT2D eigenvalue weighted by Crippen LogP contribution is -2.22. The van der Waals surface area contributed by atoms with Gasteiger partial charge < -0.3 is 9.30 Å². The van der Waals surface area contributed by atoms with E-state index in [4.69, 9.17) is 14.7 Å². The number of benzene rings is 2. The molecule has 1 N–H and O–H groups in total. The van der Waals surface area contributed by atoms with E-state index in [1.54, 1.807) is 11.8 Å². The van der Waals surface area contributed by atoms with E-state index < -0.39 is 0 Å². The van der Waals surface area contributed by atoms with Crippen LogP contribution in [-0.2, 0) is 6.42 Å². The number of aromatic nitrogens is 7. The fraction of sp³-hybridized carbons (Fsp3) is 0.269. The summed E-state index contributed by atoms with van der Waals surface area (Å²) in [4.78, 5) is 12.0. The number of ether oxygens (including phenoxy) is 1. The van der Waals surface area contributed by atoms with E-state index >= 15 is 0 Å². The van der Waals surface area contributed by atoms with Crippen molar-refractivity contribution in [3.05, 3.63) is 71.2 Å². The molecule has 0 aliphatic carbocycles. The average molecular weight is 484 g/mol. The zero-order chi connectivity index (χ0) is 23.9. The number of tetrazole rings is 1. The van der Waals surface area contributed by atoms with Gasteiger partial charge in [-0.2, -0.15) is 5.21 Å². The molecule has 0 amide bonds. The lowest BCUT2D eigenvalue weighted by molar-refractivity contribution is 0.255. The third kappa shape index (κ3) is 3.85. The molecule has 1 aliphatic heterocycles. The summed E-state index contributed by atoms with van der Waals surface area (Å²) in [5.41, 5.74) is 6.24. The molecule has 0 saturated heterocycles. The van der Waals surface area contributed by atoms with Crippen molar-refractivity contribution in [1.29, 1.82) is 0 Å². The third-order valence-corrected chi connectivity index (χ3v) is 7.43. The largest absolute Gasteiger partial charge is 0.493 e. The molecule has 3 aromatic heterocycles. The quantitative estimate of drug-likeness (QED) is 0.362. The summed E-state index contributed by atoms with van der Waals surface area (Å²) in [5, 5.41) is 14.5. The Morgan fingerprint density at radius 3 is 2.83 bits per heavy atom. The number of pyridine rings is 1. The van der Waals surface area contributed by atoms with Crippen molar-refractivity contribution < 1.29 is 4.74 Å². The maximum atomic E-state index is 6.16.